The molecule has 0 fully saturated rings. The number of benzene rings is 2. The summed E-state index contributed by atoms with van der Waals surface area (Å²) in [6.45, 7) is 1.29. The minimum atomic E-state index is -0.316. The van der Waals surface area contributed by atoms with E-state index in [-0.39, 0.29) is 12.7 Å². The van der Waals surface area contributed by atoms with Gasteiger partial charge in [0.15, 0.2) is 0 Å². The number of allylic oxidation sites excluding steroid dienone is 1. The van der Waals surface area contributed by atoms with E-state index in [0.717, 1.165) is 29.5 Å². The second-order valence-electron chi connectivity index (χ2n) is 6.64. The van der Waals surface area contributed by atoms with Gasteiger partial charge in [0, 0.05) is 16.6 Å². The van der Waals surface area contributed by atoms with Crippen molar-refractivity contribution in [3.05, 3.63) is 74.3 Å². The van der Waals surface area contributed by atoms with Gasteiger partial charge < -0.3 is 9.64 Å². The number of carbonyl (C=O) groups excluding carboxylic acids is 1. The van der Waals surface area contributed by atoms with Crippen LogP contribution in [-0.4, -0.2) is 17.5 Å². The summed E-state index contributed by atoms with van der Waals surface area (Å²) >= 11 is 12.5. The van der Waals surface area contributed by atoms with Crippen LogP contribution in [0.1, 0.15) is 34.2 Å². The van der Waals surface area contributed by atoms with Crippen LogP contribution < -0.4 is 0 Å². The monoisotopic (exact) mass is 387 g/mol. The van der Waals surface area contributed by atoms with Gasteiger partial charge in [0.05, 0.1) is 6.54 Å². The Balaban J connectivity index is 1.45. The maximum absolute atomic E-state index is 12.6. The zero-order chi connectivity index (χ0) is 18.1. The van der Waals surface area contributed by atoms with Crippen LogP contribution in [0.15, 0.2) is 36.4 Å². The average molecular weight is 388 g/mol. The quantitative estimate of drug-likeness (QED) is 0.666. The Labute approximate surface area is 163 Å². The minimum absolute atomic E-state index is 0.277. The number of aryl methyl sites for hydroxylation is 1. The van der Waals surface area contributed by atoms with Gasteiger partial charge in [-0.2, -0.15) is 0 Å². The van der Waals surface area contributed by atoms with E-state index in [1.807, 2.05) is 18.2 Å². The van der Waals surface area contributed by atoms with Gasteiger partial charge >= 0.3 is 6.09 Å². The molecular formula is C21H19Cl2NO2. The smallest absolute Gasteiger partial charge is 0.410 e. The number of hydrogen-bond donors (Lipinski definition) is 0. The molecule has 5 heteroatoms. The lowest BCUT2D eigenvalue weighted by Gasteiger charge is -2.29. The van der Waals surface area contributed by atoms with Gasteiger partial charge in [-0.15, -0.1) is 0 Å². The Morgan fingerprint density at radius 1 is 1.08 bits per heavy atom. The van der Waals surface area contributed by atoms with Crippen molar-refractivity contribution >= 4 is 35.4 Å². The van der Waals surface area contributed by atoms with Gasteiger partial charge in [0.2, 0.25) is 0 Å². The molecule has 0 aromatic heterocycles. The molecule has 134 valence electrons. The van der Waals surface area contributed by atoms with Crippen molar-refractivity contribution in [2.45, 2.75) is 32.4 Å². The first-order valence-corrected chi connectivity index (χ1v) is 9.54. The Morgan fingerprint density at radius 2 is 1.88 bits per heavy atom. The fourth-order valence-corrected chi connectivity index (χ4v) is 4.15. The summed E-state index contributed by atoms with van der Waals surface area (Å²) < 4.78 is 5.60. The van der Waals surface area contributed by atoms with Crippen LogP contribution in [0.2, 0.25) is 10.0 Å². The molecule has 1 aliphatic heterocycles. The lowest BCUT2D eigenvalue weighted by atomic mass is 9.93. The zero-order valence-corrected chi connectivity index (χ0v) is 15.8. The summed E-state index contributed by atoms with van der Waals surface area (Å²) in [6, 6.07) is 9.77. The lowest BCUT2D eigenvalue weighted by Crippen LogP contribution is -2.36. The standard InChI is InChI=1S/C21H19Cl2NO2/c22-19-8-9-20(23)18-12-24(11-10-17(18)19)21(25)26-13-15-6-3-5-14-4-1-2-7-16(14)15/h2-3,5-9H,1,4,10-13H2. The molecule has 0 atom stereocenters. The molecule has 0 N–H and O–H groups in total. The van der Waals surface area contributed by atoms with E-state index in [4.69, 9.17) is 27.9 Å². The normalized spacial score (nSPS) is 15.4. The molecule has 1 amide bonds. The molecule has 0 bridgehead atoms. The largest absolute Gasteiger partial charge is 0.445 e. The van der Waals surface area contributed by atoms with Crippen molar-refractivity contribution in [2.75, 3.05) is 6.54 Å². The van der Waals surface area contributed by atoms with Crippen LogP contribution in [-0.2, 0) is 30.7 Å². The molecular weight excluding hydrogens is 369 g/mol. The summed E-state index contributed by atoms with van der Waals surface area (Å²) in [5.41, 5.74) is 5.50. The third-order valence-corrected chi connectivity index (χ3v) is 5.77. The van der Waals surface area contributed by atoms with Gasteiger partial charge in [0.1, 0.15) is 6.61 Å². The number of nitrogens with zero attached hydrogens (tertiary/aromatic N) is 1. The summed E-state index contributed by atoms with van der Waals surface area (Å²) in [6.07, 6.45) is 6.77. The Morgan fingerprint density at radius 3 is 2.73 bits per heavy atom. The predicted octanol–water partition coefficient (Wildman–Crippen LogP) is 5.65. The van der Waals surface area contributed by atoms with Crippen molar-refractivity contribution < 1.29 is 9.53 Å². The highest BCUT2D eigenvalue weighted by molar-refractivity contribution is 6.34. The van der Waals surface area contributed by atoms with Crippen LogP contribution in [0.5, 0.6) is 0 Å². The first-order valence-electron chi connectivity index (χ1n) is 8.78. The first kappa shape index (κ1) is 17.4. The van der Waals surface area contributed by atoms with E-state index in [0.29, 0.717) is 29.6 Å². The molecule has 2 aromatic rings. The summed E-state index contributed by atoms with van der Waals surface area (Å²) in [5.74, 6) is 0. The number of ether oxygens (including phenoxy) is 1. The summed E-state index contributed by atoms with van der Waals surface area (Å²) in [7, 11) is 0. The van der Waals surface area contributed by atoms with Crippen LogP contribution in [0, 0.1) is 0 Å². The van der Waals surface area contributed by atoms with E-state index in [1.165, 1.54) is 11.1 Å². The molecule has 0 radical (unpaired) electrons. The summed E-state index contributed by atoms with van der Waals surface area (Å²) in [4.78, 5) is 14.2. The second-order valence-corrected chi connectivity index (χ2v) is 7.46. The molecule has 26 heavy (non-hydrogen) atoms. The van der Waals surface area contributed by atoms with E-state index in [1.54, 1.807) is 11.0 Å². The Hall–Kier alpha value is -1.97. The highest BCUT2D eigenvalue weighted by atomic mass is 35.5. The average Bonchev–Trinajstić information content (AvgIpc) is 2.68. The van der Waals surface area contributed by atoms with Gasteiger partial charge in [-0.25, -0.2) is 4.79 Å². The van der Waals surface area contributed by atoms with Crippen molar-refractivity contribution in [2.24, 2.45) is 0 Å². The SMILES string of the molecule is O=C(OCc1cccc2c1C=CCC2)N1CCc2c(Cl)ccc(Cl)c2C1. The number of fused-ring (bicyclic) bond motifs is 2. The molecule has 0 unspecified atom stereocenters. The molecule has 2 aliphatic rings. The zero-order valence-electron chi connectivity index (χ0n) is 14.3. The van der Waals surface area contributed by atoms with Crippen LogP contribution in [0.3, 0.4) is 0 Å². The third-order valence-electron chi connectivity index (χ3n) is 5.06. The molecule has 4 rings (SSSR count). The van der Waals surface area contributed by atoms with Crippen LogP contribution in [0.25, 0.3) is 6.08 Å². The molecule has 1 aliphatic carbocycles. The maximum atomic E-state index is 12.6. The molecule has 0 saturated heterocycles. The lowest BCUT2D eigenvalue weighted by molar-refractivity contribution is 0.0918. The third kappa shape index (κ3) is 3.34. The molecule has 3 nitrogen and oxygen atoms in total. The van der Waals surface area contributed by atoms with E-state index >= 15 is 0 Å². The Bertz CT molecular complexity index is 892. The minimum Gasteiger partial charge on any atom is -0.445 e. The van der Waals surface area contributed by atoms with Crippen molar-refractivity contribution in [3.8, 4) is 0 Å². The fourth-order valence-electron chi connectivity index (χ4n) is 3.64. The number of hydrogen-bond acceptors (Lipinski definition) is 2. The van der Waals surface area contributed by atoms with E-state index in [9.17, 15) is 4.79 Å². The number of carbonyl (C=O) groups is 1. The first-order chi connectivity index (χ1) is 12.6. The second kappa shape index (κ2) is 7.34. The van der Waals surface area contributed by atoms with E-state index < -0.39 is 0 Å². The van der Waals surface area contributed by atoms with Crippen molar-refractivity contribution in [1.29, 1.82) is 0 Å². The maximum Gasteiger partial charge on any atom is 0.410 e. The topological polar surface area (TPSA) is 29.5 Å². The molecule has 1 heterocycles. The van der Waals surface area contributed by atoms with Gasteiger partial charge in [-0.1, -0.05) is 53.6 Å². The predicted molar refractivity (Wildman–Crippen MR) is 105 cm³/mol. The highest BCUT2D eigenvalue weighted by Gasteiger charge is 2.25. The number of halogens is 2. The number of amides is 1. The molecule has 0 saturated carbocycles. The van der Waals surface area contributed by atoms with Crippen LogP contribution >= 0.6 is 23.2 Å². The highest BCUT2D eigenvalue weighted by Crippen LogP contribution is 2.32. The van der Waals surface area contributed by atoms with Gasteiger partial charge in [0.25, 0.3) is 0 Å². The van der Waals surface area contributed by atoms with Crippen molar-refractivity contribution in [1.82, 2.24) is 4.90 Å². The van der Waals surface area contributed by atoms with Crippen molar-refractivity contribution in [3.63, 3.8) is 0 Å². The summed E-state index contributed by atoms with van der Waals surface area (Å²) in [5, 5.41) is 1.35. The fraction of sp³-hybridized carbons (Fsp3) is 0.286. The number of rotatable bonds is 2. The van der Waals surface area contributed by atoms with Crippen LogP contribution in [0.4, 0.5) is 4.79 Å². The van der Waals surface area contributed by atoms with E-state index in [2.05, 4.69) is 18.2 Å². The Kier molecular flexibility index (Phi) is 4.92. The molecule has 2 aromatic carbocycles. The van der Waals surface area contributed by atoms with Gasteiger partial charge in [-0.3, -0.25) is 0 Å². The molecule has 0 spiro atoms. The van der Waals surface area contributed by atoms with Gasteiger partial charge in [-0.05, 0) is 59.2 Å².